The molecule has 4 nitrogen and oxygen atoms in total. The van der Waals surface area contributed by atoms with Crippen LogP contribution in [0.4, 0.5) is 5.82 Å². The van der Waals surface area contributed by atoms with E-state index in [9.17, 15) is 0 Å². The third-order valence-electron chi connectivity index (χ3n) is 3.39. The summed E-state index contributed by atoms with van der Waals surface area (Å²) >= 11 is 0. The van der Waals surface area contributed by atoms with Crippen molar-refractivity contribution in [2.24, 2.45) is 0 Å². The van der Waals surface area contributed by atoms with Gasteiger partial charge in [-0.25, -0.2) is 9.97 Å². The highest BCUT2D eigenvalue weighted by Gasteiger charge is 2.26. The van der Waals surface area contributed by atoms with Gasteiger partial charge in [-0.3, -0.25) is 0 Å². The molecule has 0 amide bonds. The van der Waals surface area contributed by atoms with E-state index in [1.54, 1.807) is 0 Å². The number of nitrogens with zero attached hydrogens (tertiary/aromatic N) is 2. The monoisotopic (exact) mass is 234 g/mol. The summed E-state index contributed by atoms with van der Waals surface area (Å²) in [5.74, 6) is 1.82. The van der Waals surface area contributed by atoms with Crippen LogP contribution in [0.1, 0.15) is 38.2 Å². The summed E-state index contributed by atoms with van der Waals surface area (Å²) in [6, 6.07) is 2.07. The lowest BCUT2D eigenvalue weighted by Gasteiger charge is -2.35. The fourth-order valence-corrected chi connectivity index (χ4v) is 2.29. The normalized spacial score (nSPS) is 19.0. The minimum Gasteiger partial charge on any atom is -0.365 e. The van der Waals surface area contributed by atoms with Crippen LogP contribution in [0.25, 0.3) is 0 Å². The Morgan fingerprint density at radius 2 is 2.06 bits per heavy atom. The number of nitrogens with one attached hydrogen (secondary N) is 2. The lowest BCUT2D eigenvalue weighted by atomic mass is 9.90. The molecule has 0 aromatic carbocycles. The van der Waals surface area contributed by atoms with Crippen molar-refractivity contribution in [3.63, 3.8) is 0 Å². The number of aromatic nitrogens is 2. The fourth-order valence-electron chi connectivity index (χ4n) is 2.29. The third-order valence-corrected chi connectivity index (χ3v) is 3.39. The predicted molar refractivity (Wildman–Crippen MR) is 70.3 cm³/mol. The van der Waals surface area contributed by atoms with Crippen LogP contribution >= 0.6 is 0 Å². The first-order valence-corrected chi connectivity index (χ1v) is 6.45. The smallest absolute Gasteiger partial charge is 0.130 e. The SMILES string of the molecule is CCc1cc(NC2(C)CCNCC2)nc(C)n1. The Balaban J connectivity index is 2.14. The Bertz CT molecular complexity index is 383. The van der Waals surface area contributed by atoms with Gasteiger partial charge in [-0.2, -0.15) is 0 Å². The van der Waals surface area contributed by atoms with Crippen molar-refractivity contribution in [3.8, 4) is 0 Å². The van der Waals surface area contributed by atoms with Gasteiger partial charge in [0.1, 0.15) is 11.6 Å². The molecule has 0 atom stereocenters. The number of rotatable bonds is 3. The summed E-state index contributed by atoms with van der Waals surface area (Å²) in [6.07, 6.45) is 3.23. The van der Waals surface area contributed by atoms with Gasteiger partial charge >= 0.3 is 0 Å². The van der Waals surface area contributed by atoms with Crippen LogP contribution in [0.5, 0.6) is 0 Å². The molecule has 1 aliphatic heterocycles. The second-order valence-electron chi connectivity index (χ2n) is 5.08. The molecule has 0 saturated carbocycles. The second-order valence-corrected chi connectivity index (χ2v) is 5.08. The highest BCUT2D eigenvalue weighted by Crippen LogP contribution is 2.23. The average Bonchev–Trinajstić information content (AvgIpc) is 2.28. The van der Waals surface area contributed by atoms with Crippen LogP contribution in [0, 0.1) is 6.92 Å². The molecule has 0 aliphatic carbocycles. The molecule has 0 bridgehead atoms. The number of piperidine rings is 1. The maximum atomic E-state index is 4.48. The second kappa shape index (κ2) is 5.00. The summed E-state index contributed by atoms with van der Waals surface area (Å²) < 4.78 is 0. The largest absolute Gasteiger partial charge is 0.365 e. The van der Waals surface area contributed by atoms with Gasteiger partial charge in [-0.15, -0.1) is 0 Å². The zero-order chi connectivity index (χ0) is 12.3. The molecule has 2 heterocycles. The quantitative estimate of drug-likeness (QED) is 0.838. The van der Waals surface area contributed by atoms with Crippen LogP contribution < -0.4 is 10.6 Å². The first-order chi connectivity index (χ1) is 8.11. The van der Waals surface area contributed by atoms with Crippen molar-refractivity contribution in [2.45, 2.75) is 45.6 Å². The first-order valence-electron chi connectivity index (χ1n) is 6.45. The predicted octanol–water partition coefficient (Wildman–Crippen LogP) is 1.90. The van der Waals surface area contributed by atoms with Crippen molar-refractivity contribution in [3.05, 3.63) is 17.6 Å². The average molecular weight is 234 g/mol. The van der Waals surface area contributed by atoms with E-state index < -0.39 is 0 Å². The molecule has 94 valence electrons. The van der Waals surface area contributed by atoms with E-state index in [0.29, 0.717) is 0 Å². The van der Waals surface area contributed by atoms with Gasteiger partial charge in [-0.05, 0) is 46.2 Å². The van der Waals surface area contributed by atoms with Crippen LogP contribution in [0.2, 0.25) is 0 Å². The lowest BCUT2D eigenvalue weighted by Crippen LogP contribution is -2.45. The number of anilines is 1. The molecule has 0 radical (unpaired) electrons. The molecule has 1 fully saturated rings. The van der Waals surface area contributed by atoms with Gasteiger partial charge in [0.15, 0.2) is 0 Å². The van der Waals surface area contributed by atoms with Crippen molar-refractivity contribution < 1.29 is 0 Å². The van der Waals surface area contributed by atoms with Gasteiger partial charge in [-0.1, -0.05) is 6.92 Å². The van der Waals surface area contributed by atoms with Gasteiger partial charge in [0.25, 0.3) is 0 Å². The first kappa shape index (κ1) is 12.3. The van der Waals surface area contributed by atoms with Gasteiger partial charge < -0.3 is 10.6 Å². The van der Waals surface area contributed by atoms with E-state index in [0.717, 1.165) is 49.7 Å². The maximum Gasteiger partial charge on any atom is 0.130 e. The molecule has 4 heteroatoms. The Kier molecular flexibility index (Phi) is 3.62. The van der Waals surface area contributed by atoms with E-state index in [4.69, 9.17) is 0 Å². The molecule has 0 spiro atoms. The maximum absolute atomic E-state index is 4.48. The van der Waals surface area contributed by atoms with Crippen molar-refractivity contribution in [1.29, 1.82) is 0 Å². The summed E-state index contributed by atoms with van der Waals surface area (Å²) in [5.41, 5.74) is 1.27. The van der Waals surface area contributed by atoms with Crippen LogP contribution in [-0.2, 0) is 6.42 Å². The molecular weight excluding hydrogens is 212 g/mol. The molecule has 0 unspecified atom stereocenters. The Morgan fingerprint density at radius 1 is 1.35 bits per heavy atom. The van der Waals surface area contributed by atoms with Crippen LogP contribution in [-0.4, -0.2) is 28.6 Å². The minimum absolute atomic E-state index is 0.164. The zero-order valence-corrected chi connectivity index (χ0v) is 11.0. The van der Waals surface area contributed by atoms with Crippen molar-refractivity contribution in [1.82, 2.24) is 15.3 Å². The van der Waals surface area contributed by atoms with Crippen LogP contribution in [0.15, 0.2) is 6.07 Å². The number of hydrogen-bond acceptors (Lipinski definition) is 4. The van der Waals surface area contributed by atoms with E-state index in [1.165, 1.54) is 0 Å². The molecule has 1 aromatic heterocycles. The molecule has 1 aromatic rings. The van der Waals surface area contributed by atoms with Gasteiger partial charge in [0, 0.05) is 17.3 Å². The van der Waals surface area contributed by atoms with E-state index in [-0.39, 0.29) is 5.54 Å². The molecule has 1 saturated heterocycles. The summed E-state index contributed by atoms with van der Waals surface area (Å²) in [4.78, 5) is 8.88. The number of hydrogen-bond donors (Lipinski definition) is 2. The van der Waals surface area contributed by atoms with Gasteiger partial charge in [0.05, 0.1) is 0 Å². The standard InChI is InChI=1S/C13H22N4/c1-4-11-9-12(16-10(2)15-11)17-13(3)5-7-14-8-6-13/h9,14H,4-8H2,1-3H3,(H,15,16,17). The topological polar surface area (TPSA) is 49.8 Å². The Labute approximate surface area is 103 Å². The van der Waals surface area contributed by atoms with Gasteiger partial charge in [0.2, 0.25) is 0 Å². The molecule has 1 aliphatic rings. The van der Waals surface area contributed by atoms with E-state index in [2.05, 4.69) is 40.5 Å². The van der Waals surface area contributed by atoms with Crippen molar-refractivity contribution in [2.75, 3.05) is 18.4 Å². The van der Waals surface area contributed by atoms with Crippen molar-refractivity contribution >= 4 is 5.82 Å². The molecule has 2 rings (SSSR count). The van der Waals surface area contributed by atoms with E-state index >= 15 is 0 Å². The Morgan fingerprint density at radius 3 is 2.71 bits per heavy atom. The molecule has 2 N–H and O–H groups in total. The third kappa shape index (κ3) is 3.16. The minimum atomic E-state index is 0.164. The fraction of sp³-hybridized carbons (Fsp3) is 0.692. The molecular formula is C13H22N4. The van der Waals surface area contributed by atoms with Crippen LogP contribution in [0.3, 0.4) is 0 Å². The lowest BCUT2D eigenvalue weighted by molar-refractivity contribution is 0.364. The Hall–Kier alpha value is -1.16. The highest BCUT2D eigenvalue weighted by atomic mass is 15.1. The number of aryl methyl sites for hydroxylation is 2. The van der Waals surface area contributed by atoms with E-state index in [1.807, 2.05) is 6.92 Å². The molecule has 17 heavy (non-hydrogen) atoms. The summed E-state index contributed by atoms with van der Waals surface area (Å²) in [7, 11) is 0. The zero-order valence-electron chi connectivity index (χ0n) is 11.0. The summed E-state index contributed by atoms with van der Waals surface area (Å²) in [5, 5.41) is 6.97. The highest BCUT2D eigenvalue weighted by molar-refractivity contribution is 5.39. The summed E-state index contributed by atoms with van der Waals surface area (Å²) in [6.45, 7) is 8.51.